The predicted octanol–water partition coefficient (Wildman–Crippen LogP) is 3.43. The molecule has 0 amide bonds. The summed E-state index contributed by atoms with van der Waals surface area (Å²) in [6.45, 7) is 0.802. The molecule has 0 aliphatic carbocycles. The SMILES string of the molecule is CNCc1cnc(-c2ccc(F)cc2Br)s1. The smallest absolute Gasteiger partial charge is 0.124 e. The van der Waals surface area contributed by atoms with Gasteiger partial charge in [-0.3, -0.25) is 0 Å². The van der Waals surface area contributed by atoms with E-state index < -0.39 is 0 Å². The van der Waals surface area contributed by atoms with Crippen molar-refractivity contribution in [2.75, 3.05) is 7.05 Å². The summed E-state index contributed by atoms with van der Waals surface area (Å²) in [6, 6.07) is 4.63. The van der Waals surface area contributed by atoms with Crippen molar-refractivity contribution in [2.24, 2.45) is 0 Å². The fourth-order valence-electron chi connectivity index (χ4n) is 1.35. The van der Waals surface area contributed by atoms with Gasteiger partial charge in [0.1, 0.15) is 10.8 Å². The second-order valence-corrected chi connectivity index (χ2v) is 5.26. The third kappa shape index (κ3) is 2.48. The molecule has 0 radical (unpaired) electrons. The van der Waals surface area contributed by atoms with Gasteiger partial charge in [-0.25, -0.2) is 9.37 Å². The van der Waals surface area contributed by atoms with E-state index in [1.807, 2.05) is 13.2 Å². The van der Waals surface area contributed by atoms with Crippen LogP contribution in [0.15, 0.2) is 28.9 Å². The van der Waals surface area contributed by atoms with Crippen molar-refractivity contribution in [1.82, 2.24) is 10.3 Å². The van der Waals surface area contributed by atoms with Gasteiger partial charge in [0.2, 0.25) is 0 Å². The van der Waals surface area contributed by atoms with E-state index >= 15 is 0 Å². The Labute approximate surface area is 106 Å². The molecule has 0 spiro atoms. The molecule has 2 nitrogen and oxygen atoms in total. The third-order valence-corrected chi connectivity index (χ3v) is 3.75. The lowest BCUT2D eigenvalue weighted by Gasteiger charge is -1.99. The van der Waals surface area contributed by atoms with Gasteiger partial charge in [-0.05, 0) is 41.2 Å². The zero-order valence-corrected chi connectivity index (χ0v) is 11.0. The molecule has 1 aromatic carbocycles. The summed E-state index contributed by atoms with van der Waals surface area (Å²) in [5, 5.41) is 3.97. The largest absolute Gasteiger partial charge is 0.315 e. The highest BCUT2D eigenvalue weighted by Crippen LogP contribution is 2.31. The van der Waals surface area contributed by atoms with Crippen molar-refractivity contribution in [3.63, 3.8) is 0 Å². The third-order valence-electron chi connectivity index (χ3n) is 2.07. The predicted molar refractivity (Wildman–Crippen MR) is 68.0 cm³/mol. The van der Waals surface area contributed by atoms with Crippen LogP contribution in [0.3, 0.4) is 0 Å². The first kappa shape index (κ1) is 11.7. The van der Waals surface area contributed by atoms with E-state index in [9.17, 15) is 4.39 Å². The van der Waals surface area contributed by atoms with E-state index in [-0.39, 0.29) is 5.82 Å². The molecule has 1 N–H and O–H groups in total. The maximum absolute atomic E-state index is 12.9. The Hall–Kier alpha value is -0.780. The number of hydrogen-bond acceptors (Lipinski definition) is 3. The number of hydrogen-bond donors (Lipinski definition) is 1. The minimum Gasteiger partial charge on any atom is -0.315 e. The van der Waals surface area contributed by atoms with Crippen molar-refractivity contribution in [2.45, 2.75) is 6.54 Å². The Morgan fingerprint density at radius 3 is 3.00 bits per heavy atom. The van der Waals surface area contributed by atoms with Crippen molar-refractivity contribution < 1.29 is 4.39 Å². The standard InChI is InChI=1S/C11H10BrFN2S/c1-14-5-8-6-15-11(16-8)9-3-2-7(13)4-10(9)12/h2-4,6,14H,5H2,1H3. The molecule has 0 atom stereocenters. The van der Waals surface area contributed by atoms with E-state index in [0.717, 1.165) is 26.5 Å². The van der Waals surface area contributed by atoms with Crippen LogP contribution in [0.4, 0.5) is 4.39 Å². The van der Waals surface area contributed by atoms with E-state index in [0.29, 0.717) is 0 Å². The average Bonchev–Trinajstić information content (AvgIpc) is 2.67. The number of rotatable bonds is 3. The highest BCUT2D eigenvalue weighted by molar-refractivity contribution is 9.10. The lowest BCUT2D eigenvalue weighted by molar-refractivity contribution is 0.627. The topological polar surface area (TPSA) is 24.9 Å². The Balaban J connectivity index is 2.35. The number of aromatic nitrogens is 1. The monoisotopic (exact) mass is 300 g/mol. The van der Waals surface area contributed by atoms with Gasteiger partial charge in [-0.15, -0.1) is 11.3 Å². The zero-order valence-electron chi connectivity index (χ0n) is 8.63. The molecule has 0 aliphatic heterocycles. The molecule has 5 heteroatoms. The Morgan fingerprint density at radius 2 is 2.31 bits per heavy atom. The summed E-state index contributed by atoms with van der Waals surface area (Å²) < 4.78 is 13.7. The van der Waals surface area contributed by atoms with Crippen LogP contribution in [0.1, 0.15) is 4.88 Å². The number of nitrogens with zero attached hydrogens (tertiary/aromatic N) is 1. The fourth-order valence-corrected chi connectivity index (χ4v) is 2.98. The van der Waals surface area contributed by atoms with Crippen LogP contribution in [-0.4, -0.2) is 12.0 Å². The lowest BCUT2D eigenvalue weighted by Crippen LogP contribution is -2.02. The van der Waals surface area contributed by atoms with Gasteiger partial charge in [-0.1, -0.05) is 0 Å². The van der Waals surface area contributed by atoms with Crippen molar-refractivity contribution in [3.05, 3.63) is 39.6 Å². The Morgan fingerprint density at radius 1 is 1.50 bits per heavy atom. The fraction of sp³-hybridized carbons (Fsp3) is 0.182. The molecule has 0 aliphatic rings. The average molecular weight is 301 g/mol. The molecule has 0 saturated heterocycles. The van der Waals surface area contributed by atoms with Crippen molar-refractivity contribution in [1.29, 1.82) is 0 Å². The Bertz CT molecular complexity index is 498. The minimum atomic E-state index is -0.248. The molecule has 1 aromatic heterocycles. The molecule has 0 fully saturated rings. The number of halogens is 2. The second-order valence-electron chi connectivity index (χ2n) is 3.29. The highest BCUT2D eigenvalue weighted by Gasteiger charge is 2.08. The van der Waals surface area contributed by atoms with Crippen LogP contribution in [0.2, 0.25) is 0 Å². The summed E-state index contributed by atoms with van der Waals surface area (Å²) in [6.07, 6.45) is 1.84. The second kappa shape index (κ2) is 5.03. The lowest BCUT2D eigenvalue weighted by atomic mass is 10.2. The maximum Gasteiger partial charge on any atom is 0.124 e. The molecule has 0 bridgehead atoms. The molecule has 2 aromatic rings. The molecule has 0 saturated carbocycles. The van der Waals surface area contributed by atoms with Gasteiger partial charge in [0.05, 0.1) is 0 Å². The van der Waals surface area contributed by atoms with Gasteiger partial charge in [0.25, 0.3) is 0 Å². The molecule has 2 rings (SSSR count). The van der Waals surface area contributed by atoms with Crippen LogP contribution in [0.5, 0.6) is 0 Å². The molecular formula is C11H10BrFN2S. The van der Waals surface area contributed by atoms with Gasteiger partial charge in [0, 0.05) is 27.7 Å². The van der Waals surface area contributed by atoms with E-state index in [1.165, 1.54) is 12.1 Å². The van der Waals surface area contributed by atoms with E-state index in [2.05, 4.69) is 26.2 Å². The van der Waals surface area contributed by atoms with Gasteiger partial charge in [0.15, 0.2) is 0 Å². The normalized spacial score (nSPS) is 10.7. The zero-order chi connectivity index (χ0) is 11.5. The summed E-state index contributed by atoms with van der Waals surface area (Å²) in [4.78, 5) is 5.48. The first-order valence-electron chi connectivity index (χ1n) is 4.75. The molecular weight excluding hydrogens is 291 g/mol. The number of benzene rings is 1. The van der Waals surface area contributed by atoms with Crippen LogP contribution in [0.25, 0.3) is 10.6 Å². The molecule has 1 heterocycles. The summed E-state index contributed by atoms with van der Waals surface area (Å²) in [7, 11) is 1.90. The summed E-state index contributed by atoms with van der Waals surface area (Å²) >= 11 is 4.95. The minimum absolute atomic E-state index is 0.248. The first-order valence-corrected chi connectivity index (χ1v) is 6.36. The van der Waals surface area contributed by atoms with Gasteiger partial charge in [-0.2, -0.15) is 0 Å². The van der Waals surface area contributed by atoms with Crippen LogP contribution in [-0.2, 0) is 6.54 Å². The number of thiazole rings is 1. The van der Waals surface area contributed by atoms with E-state index in [4.69, 9.17) is 0 Å². The van der Waals surface area contributed by atoms with Crippen LogP contribution < -0.4 is 5.32 Å². The quantitative estimate of drug-likeness (QED) is 0.939. The Kier molecular flexibility index (Phi) is 3.68. The molecule has 84 valence electrons. The summed E-state index contributed by atoms with van der Waals surface area (Å²) in [5.74, 6) is -0.248. The first-order chi connectivity index (χ1) is 7.70. The van der Waals surface area contributed by atoms with Crippen LogP contribution in [0, 0.1) is 5.82 Å². The molecule has 16 heavy (non-hydrogen) atoms. The van der Waals surface area contributed by atoms with Crippen LogP contribution >= 0.6 is 27.3 Å². The van der Waals surface area contributed by atoms with Crippen molar-refractivity contribution >= 4 is 27.3 Å². The van der Waals surface area contributed by atoms with E-state index in [1.54, 1.807) is 17.4 Å². The van der Waals surface area contributed by atoms with Gasteiger partial charge < -0.3 is 5.32 Å². The van der Waals surface area contributed by atoms with Gasteiger partial charge >= 0.3 is 0 Å². The summed E-state index contributed by atoms with van der Waals surface area (Å²) in [5.41, 5.74) is 0.925. The molecule has 0 unspecified atom stereocenters. The number of nitrogens with one attached hydrogen (secondary N) is 1. The van der Waals surface area contributed by atoms with Crippen molar-refractivity contribution in [3.8, 4) is 10.6 Å². The maximum atomic E-state index is 12.9. The highest BCUT2D eigenvalue weighted by atomic mass is 79.9.